The highest BCUT2D eigenvalue weighted by Gasteiger charge is 2.07. The van der Waals surface area contributed by atoms with Gasteiger partial charge in [-0.25, -0.2) is 0 Å². The van der Waals surface area contributed by atoms with Gasteiger partial charge in [-0.3, -0.25) is 5.41 Å². The Balaban J connectivity index is 4.11. The average molecular weight is 113 g/mol. The standard InChI is InChI=1S/C4H9N4/c1-3-7-8(2,6)4-5/h4-5H,1,6H2,2H3/q+1. The third kappa shape index (κ3) is 2.25. The summed E-state index contributed by atoms with van der Waals surface area (Å²) in [5, 5.41) is 10.2. The molecule has 0 bridgehead atoms. The third-order valence-corrected chi connectivity index (χ3v) is 0.548. The second-order valence-corrected chi connectivity index (χ2v) is 1.48. The molecule has 0 saturated carbocycles. The molecule has 0 rings (SSSR count). The summed E-state index contributed by atoms with van der Waals surface area (Å²) in [4.78, 5) is 0. The molecule has 0 amide bonds. The van der Waals surface area contributed by atoms with Gasteiger partial charge in [-0.15, -0.1) is 5.84 Å². The Labute approximate surface area is 48.0 Å². The van der Waals surface area contributed by atoms with E-state index in [1.54, 1.807) is 0 Å². The predicted molar refractivity (Wildman–Crippen MR) is 32.2 cm³/mol. The zero-order valence-corrected chi connectivity index (χ0v) is 4.76. The number of hydrogen-bond acceptors (Lipinski definition) is 3. The molecule has 0 spiro atoms. The summed E-state index contributed by atoms with van der Waals surface area (Å²) in [6.45, 7) is 3.20. The van der Waals surface area contributed by atoms with E-state index in [0.717, 1.165) is 6.34 Å². The van der Waals surface area contributed by atoms with Crippen LogP contribution in [-0.2, 0) is 0 Å². The second kappa shape index (κ2) is 2.37. The van der Waals surface area contributed by atoms with Crippen molar-refractivity contribution in [3.8, 4) is 0 Å². The molecule has 0 aliphatic carbocycles. The molecule has 1 atom stereocenters. The van der Waals surface area contributed by atoms with Crippen molar-refractivity contribution in [1.82, 2.24) is 0 Å². The van der Waals surface area contributed by atoms with E-state index in [0.29, 0.717) is 0 Å². The summed E-state index contributed by atoms with van der Waals surface area (Å²) in [6, 6.07) is 0. The van der Waals surface area contributed by atoms with E-state index >= 15 is 0 Å². The molecular formula is C4H9N4+. The number of hydrogen-bond donors (Lipinski definition) is 2. The monoisotopic (exact) mass is 113 g/mol. The van der Waals surface area contributed by atoms with E-state index in [9.17, 15) is 0 Å². The summed E-state index contributed by atoms with van der Waals surface area (Å²) in [6.07, 6.45) is 0.970. The smallest absolute Gasteiger partial charge is 0.229 e. The predicted octanol–water partition coefficient (Wildman–Crippen LogP) is -0.316. The van der Waals surface area contributed by atoms with Crippen LogP contribution in [0.25, 0.3) is 0 Å². The number of rotatable bonds is 2. The SMILES string of the molecule is C=C=N[N+](C)(N)C=N. The molecule has 1 unspecified atom stereocenters. The molecule has 0 saturated heterocycles. The Hall–Kier alpha value is -0.960. The van der Waals surface area contributed by atoms with Crippen LogP contribution in [0.4, 0.5) is 0 Å². The Morgan fingerprint density at radius 1 is 2.00 bits per heavy atom. The first-order valence-electron chi connectivity index (χ1n) is 2.03. The molecule has 4 nitrogen and oxygen atoms in total. The van der Waals surface area contributed by atoms with E-state index in [1.807, 2.05) is 0 Å². The molecule has 0 aliphatic heterocycles. The van der Waals surface area contributed by atoms with E-state index in [-0.39, 0.29) is 4.70 Å². The third-order valence-electron chi connectivity index (χ3n) is 0.548. The molecule has 44 valence electrons. The summed E-state index contributed by atoms with van der Waals surface area (Å²) in [5.74, 6) is 7.48. The van der Waals surface area contributed by atoms with Gasteiger partial charge in [0.2, 0.25) is 6.34 Å². The minimum Gasteiger partial charge on any atom is -0.254 e. The normalized spacial score (nSPS) is 15.8. The Bertz CT molecular complexity index is 131. The van der Waals surface area contributed by atoms with Gasteiger partial charge in [-0.1, -0.05) is 4.70 Å². The minimum absolute atomic E-state index is 0.344. The first-order valence-corrected chi connectivity index (χ1v) is 2.03. The summed E-state index contributed by atoms with van der Waals surface area (Å²) in [7, 11) is 1.53. The second-order valence-electron chi connectivity index (χ2n) is 1.48. The van der Waals surface area contributed by atoms with E-state index in [4.69, 9.17) is 11.3 Å². The zero-order chi connectivity index (χ0) is 6.62. The van der Waals surface area contributed by atoms with Crippen molar-refractivity contribution in [2.75, 3.05) is 7.05 Å². The van der Waals surface area contributed by atoms with Gasteiger partial charge < -0.3 is 0 Å². The highest BCUT2D eigenvalue weighted by molar-refractivity contribution is 5.47. The van der Waals surface area contributed by atoms with Crippen molar-refractivity contribution in [2.45, 2.75) is 0 Å². The van der Waals surface area contributed by atoms with Crippen LogP contribution in [0, 0.1) is 5.41 Å². The van der Waals surface area contributed by atoms with Crippen LogP contribution in [0.2, 0.25) is 0 Å². The first-order chi connectivity index (χ1) is 3.62. The van der Waals surface area contributed by atoms with E-state index < -0.39 is 0 Å². The average Bonchev–Trinajstić information content (AvgIpc) is 1.67. The quantitative estimate of drug-likeness (QED) is 0.166. The highest BCUT2D eigenvalue weighted by atomic mass is 15.8. The van der Waals surface area contributed by atoms with Crippen LogP contribution >= 0.6 is 0 Å². The van der Waals surface area contributed by atoms with Gasteiger partial charge in [-0.2, -0.15) is 0 Å². The molecule has 0 heterocycles. The fourth-order valence-electron chi connectivity index (χ4n) is 0.181. The maximum absolute atomic E-state index is 6.67. The highest BCUT2D eigenvalue weighted by Crippen LogP contribution is 1.81. The number of nitrogens with zero attached hydrogens (tertiary/aromatic N) is 2. The van der Waals surface area contributed by atoms with Crippen LogP contribution in [0.5, 0.6) is 0 Å². The minimum atomic E-state index is -0.344. The van der Waals surface area contributed by atoms with Crippen LogP contribution in [0.15, 0.2) is 11.7 Å². The summed E-state index contributed by atoms with van der Waals surface area (Å²) >= 11 is 0. The van der Waals surface area contributed by atoms with Crippen molar-refractivity contribution >= 4 is 12.2 Å². The summed E-state index contributed by atoms with van der Waals surface area (Å²) < 4.78 is -0.344. The molecule has 4 heteroatoms. The Kier molecular flexibility index (Phi) is 2.09. The van der Waals surface area contributed by atoms with Crippen molar-refractivity contribution < 1.29 is 4.70 Å². The van der Waals surface area contributed by atoms with Gasteiger partial charge in [0.25, 0.3) is 0 Å². The molecule has 0 aromatic heterocycles. The zero-order valence-electron chi connectivity index (χ0n) is 4.76. The molecule has 0 aromatic carbocycles. The lowest BCUT2D eigenvalue weighted by molar-refractivity contribution is -0.833. The van der Waals surface area contributed by atoms with Gasteiger partial charge in [0.05, 0.1) is 0 Å². The molecule has 0 aliphatic rings. The Morgan fingerprint density at radius 3 is 2.62 bits per heavy atom. The fourth-order valence-corrected chi connectivity index (χ4v) is 0.181. The topological polar surface area (TPSA) is 62.2 Å². The summed E-state index contributed by atoms with van der Waals surface area (Å²) in [5.41, 5.74) is 0. The van der Waals surface area contributed by atoms with Crippen molar-refractivity contribution in [3.05, 3.63) is 6.58 Å². The fraction of sp³-hybridized carbons (Fsp3) is 0.250. The molecule has 3 N–H and O–H groups in total. The number of quaternary nitrogens is 1. The molecule has 0 aromatic rings. The van der Waals surface area contributed by atoms with E-state index in [1.165, 1.54) is 7.05 Å². The molecule has 0 fully saturated rings. The maximum Gasteiger partial charge on any atom is 0.229 e. The molecule has 8 heavy (non-hydrogen) atoms. The Morgan fingerprint density at radius 2 is 2.50 bits per heavy atom. The van der Waals surface area contributed by atoms with Crippen LogP contribution in [-0.4, -0.2) is 24.0 Å². The van der Waals surface area contributed by atoms with E-state index in [2.05, 4.69) is 17.6 Å². The lowest BCUT2D eigenvalue weighted by Gasteiger charge is -2.09. The number of nitrogens with two attached hydrogens (primary N) is 1. The van der Waals surface area contributed by atoms with Gasteiger partial charge >= 0.3 is 0 Å². The van der Waals surface area contributed by atoms with Crippen molar-refractivity contribution in [2.24, 2.45) is 10.9 Å². The molecular weight excluding hydrogens is 104 g/mol. The van der Waals surface area contributed by atoms with Gasteiger partial charge in [0.1, 0.15) is 7.05 Å². The van der Waals surface area contributed by atoms with Crippen molar-refractivity contribution in [3.63, 3.8) is 0 Å². The van der Waals surface area contributed by atoms with Gasteiger partial charge in [-0.05, 0) is 11.7 Å². The largest absolute Gasteiger partial charge is 0.254 e. The lowest BCUT2D eigenvalue weighted by Crippen LogP contribution is -2.43. The molecule has 0 radical (unpaired) electrons. The van der Waals surface area contributed by atoms with Crippen molar-refractivity contribution in [1.29, 1.82) is 5.41 Å². The van der Waals surface area contributed by atoms with Crippen LogP contribution in [0.3, 0.4) is 0 Å². The van der Waals surface area contributed by atoms with Gasteiger partial charge in [0.15, 0.2) is 0 Å². The number of nitrogens with one attached hydrogen (secondary N) is 1. The maximum atomic E-state index is 6.67. The van der Waals surface area contributed by atoms with Gasteiger partial charge in [0, 0.05) is 5.87 Å². The van der Waals surface area contributed by atoms with Crippen LogP contribution in [0.1, 0.15) is 0 Å². The van der Waals surface area contributed by atoms with Crippen LogP contribution < -0.4 is 5.84 Å². The lowest BCUT2D eigenvalue weighted by atomic mass is 11.0. The first kappa shape index (κ1) is 7.04.